The summed E-state index contributed by atoms with van der Waals surface area (Å²) in [6.07, 6.45) is 0.664. The first-order valence-electron chi connectivity index (χ1n) is 9.65. The molecule has 3 atom stereocenters. The van der Waals surface area contributed by atoms with Gasteiger partial charge in [0, 0.05) is 38.2 Å². The number of nitrogens with one attached hydrogen (secondary N) is 1. The van der Waals surface area contributed by atoms with Crippen LogP contribution in [0.25, 0.3) is 0 Å². The molecule has 7 nitrogen and oxygen atoms in total. The van der Waals surface area contributed by atoms with Crippen LogP contribution in [0.2, 0.25) is 0 Å². The average Bonchev–Trinajstić information content (AvgIpc) is 3.15. The van der Waals surface area contributed by atoms with Crippen molar-refractivity contribution in [3.8, 4) is 0 Å². The summed E-state index contributed by atoms with van der Waals surface area (Å²) in [7, 11) is 0. The van der Waals surface area contributed by atoms with Crippen molar-refractivity contribution in [3.05, 3.63) is 34.9 Å². The van der Waals surface area contributed by atoms with Crippen molar-refractivity contribution in [2.75, 3.05) is 19.6 Å². The maximum atomic E-state index is 13.1. The highest BCUT2D eigenvalue weighted by molar-refractivity contribution is 6.05. The van der Waals surface area contributed by atoms with E-state index in [1.54, 1.807) is 4.90 Å². The summed E-state index contributed by atoms with van der Waals surface area (Å²) in [5, 5.41) is 2.35. The molecular formula is C20H26N4O3. The summed E-state index contributed by atoms with van der Waals surface area (Å²) >= 11 is 0. The standard InChI is InChI=1S/C20H26N4O3/c1-12-8-23(10-15(12)7-21)9-13-3-2-4-14-11-24(20(27)18(13)14)16-5-6-17(25)22-19(16)26/h2-4,12,15-16H,5-11,21H2,1H3,(H,22,25,26). The second kappa shape index (κ2) is 7.05. The summed E-state index contributed by atoms with van der Waals surface area (Å²) in [4.78, 5) is 40.7. The van der Waals surface area contributed by atoms with E-state index in [9.17, 15) is 14.4 Å². The monoisotopic (exact) mass is 370 g/mol. The molecule has 0 bridgehead atoms. The van der Waals surface area contributed by atoms with Gasteiger partial charge in [0.25, 0.3) is 5.91 Å². The number of hydrogen-bond acceptors (Lipinski definition) is 5. The Morgan fingerprint density at radius 1 is 1.22 bits per heavy atom. The lowest BCUT2D eigenvalue weighted by molar-refractivity contribution is -0.136. The van der Waals surface area contributed by atoms with E-state index in [4.69, 9.17) is 5.73 Å². The number of piperidine rings is 1. The highest BCUT2D eigenvalue weighted by Gasteiger charge is 2.40. The average molecular weight is 370 g/mol. The van der Waals surface area contributed by atoms with Crippen molar-refractivity contribution in [2.24, 2.45) is 17.6 Å². The molecule has 0 aromatic heterocycles. The highest BCUT2D eigenvalue weighted by atomic mass is 16.2. The molecule has 7 heteroatoms. The minimum absolute atomic E-state index is 0.0993. The van der Waals surface area contributed by atoms with E-state index in [1.165, 1.54) is 0 Å². The number of imide groups is 1. The van der Waals surface area contributed by atoms with Crippen molar-refractivity contribution in [3.63, 3.8) is 0 Å². The minimum atomic E-state index is -0.566. The number of amides is 3. The summed E-state index contributed by atoms with van der Waals surface area (Å²) in [6, 6.07) is 5.38. The molecule has 3 unspecified atom stereocenters. The summed E-state index contributed by atoms with van der Waals surface area (Å²) in [5.41, 5.74) is 8.57. The van der Waals surface area contributed by atoms with Crippen molar-refractivity contribution >= 4 is 17.7 Å². The first kappa shape index (κ1) is 18.1. The molecule has 1 aromatic carbocycles. The first-order chi connectivity index (χ1) is 13.0. The van der Waals surface area contributed by atoms with E-state index in [2.05, 4.69) is 17.1 Å². The Bertz CT molecular complexity index is 793. The van der Waals surface area contributed by atoms with Crippen LogP contribution in [0.4, 0.5) is 0 Å². The van der Waals surface area contributed by atoms with Gasteiger partial charge < -0.3 is 10.6 Å². The fourth-order valence-electron chi connectivity index (χ4n) is 4.64. The van der Waals surface area contributed by atoms with E-state index >= 15 is 0 Å². The SMILES string of the molecule is CC1CN(Cc2cccc3c2C(=O)N(C2CCC(=O)NC2=O)C3)CC1CN. The van der Waals surface area contributed by atoms with Gasteiger partial charge in [0.2, 0.25) is 11.8 Å². The number of fused-ring (bicyclic) bond motifs is 1. The van der Waals surface area contributed by atoms with Gasteiger partial charge in [-0.25, -0.2) is 0 Å². The molecule has 3 heterocycles. The van der Waals surface area contributed by atoms with Crippen LogP contribution in [0.5, 0.6) is 0 Å². The van der Waals surface area contributed by atoms with Gasteiger partial charge in [-0.15, -0.1) is 0 Å². The molecule has 2 saturated heterocycles. The number of carbonyl (C=O) groups excluding carboxylic acids is 3. The summed E-state index contributed by atoms with van der Waals surface area (Å²) in [6.45, 7) is 5.99. The Labute approximate surface area is 158 Å². The van der Waals surface area contributed by atoms with Gasteiger partial charge in [0.15, 0.2) is 0 Å². The Hall–Kier alpha value is -2.25. The van der Waals surface area contributed by atoms with Crippen LogP contribution in [0, 0.1) is 11.8 Å². The molecule has 0 spiro atoms. The molecule has 144 valence electrons. The maximum absolute atomic E-state index is 13.1. The molecular weight excluding hydrogens is 344 g/mol. The zero-order valence-corrected chi connectivity index (χ0v) is 15.6. The molecule has 4 rings (SSSR count). The zero-order valence-electron chi connectivity index (χ0n) is 15.6. The number of benzene rings is 1. The summed E-state index contributed by atoms with van der Waals surface area (Å²) in [5.74, 6) is 0.324. The minimum Gasteiger partial charge on any atom is -0.330 e. The van der Waals surface area contributed by atoms with Crippen molar-refractivity contribution < 1.29 is 14.4 Å². The van der Waals surface area contributed by atoms with E-state index in [1.807, 2.05) is 18.2 Å². The van der Waals surface area contributed by atoms with Crippen LogP contribution in [0.1, 0.15) is 41.3 Å². The van der Waals surface area contributed by atoms with Gasteiger partial charge in [-0.05, 0) is 35.9 Å². The third-order valence-electron chi connectivity index (χ3n) is 6.18. The molecule has 2 fully saturated rings. The molecule has 3 N–H and O–H groups in total. The van der Waals surface area contributed by atoms with Crippen LogP contribution < -0.4 is 11.1 Å². The van der Waals surface area contributed by atoms with E-state index in [-0.39, 0.29) is 24.1 Å². The quantitative estimate of drug-likeness (QED) is 0.752. The van der Waals surface area contributed by atoms with E-state index in [0.717, 1.165) is 36.3 Å². The Balaban J connectivity index is 1.53. The lowest BCUT2D eigenvalue weighted by Gasteiger charge is -2.29. The van der Waals surface area contributed by atoms with Crippen molar-refractivity contribution in [1.82, 2.24) is 15.1 Å². The van der Waals surface area contributed by atoms with Gasteiger partial charge in [-0.1, -0.05) is 25.1 Å². The second-order valence-electron chi connectivity index (χ2n) is 8.02. The van der Waals surface area contributed by atoms with Gasteiger partial charge in [-0.2, -0.15) is 0 Å². The lowest BCUT2D eigenvalue weighted by atomic mass is 9.99. The second-order valence-corrected chi connectivity index (χ2v) is 8.02. The number of hydrogen-bond donors (Lipinski definition) is 2. The first-order valence-corrected chi connectivity index (χ1v) is 9.65. The van der Waals surface area contributed by atoms with E-state index in [0.29, 0.717) is 31.3 Å². The normalized spacial score (nSPS) is 28.6. The Kier molecular flexibility index (Phi) is 4.74. The number of rotatable bonds is 4. The molecule has 3 amide bonds. The zero-order chi connectivity index (χ0) is 19.1. The fourth-order valence-corrected chi connectivity index (χ4v) is 4.64. The number of nitrogens with zero attached hydrogens (tertiary/aromatic N) is 2. The molecule has 0 saturated carbocycles. The van der Waals surface area contributed by atoms with Crippen LogP contribution in [-0.4, -0.2) is 53.2 Å². The molecule has 0 aliphatic carbocycles. The fraction of sp³-hybridized carbons (Fsp3) is 0.550. The van der Waals surface area contributed by atoms with Gasteiger partial charge in [0.1, 0.15) is 6.04 Å². The third kappa shape index (κ3) is 3.26. The van der Waals surface area contributed by atoms with Crippen LogP contribution in [0.3, 0.4) is 0 Å². The number of nitrogens with two attached hydrogens (primary N) is 1. The predicted molar refractivity (Wildman–Crippen MR) is 99.5 cm³/mol. The highest BCUT2D eigenvalue weighted by Crippen LogP contribution is 2.31. The maximum Gasteiger partial charge on any atom is 0.255 e. The van der Waals surface area contributed by atoms with Gasteiger partial charge >= 0.3 is 0 Å². The molecule has 27 heavy (non-hydrogen) atoms. The van der Waals surface area contributed by atoms with Crippen LogP contribution in [-0.2, 0) is 22.7 Å². The van der Waals surface area contributed by atoms with Crippen molar-refractivity contribution in [1.29, 1.82) is 0 Å². The van der Waals surface area contributed by atoms with Gasteiger partial charge in [-0.3, -0.25) is 24.6 Å². The largest absolute Gasteiger partial charge is 0.330 e. The Morgan fingerprint density at radius 2 is 2.04 bits per heavy atom. The van der Waals surface area contributed by atoms with Crippen LogP contribution >= 0.6 is 0 Å². The third-order valence-corrected chi connectivity index (χ3v) is 6.18. The molecule has 3 aliphatic rings. The number of likely N-dealkylation sites (tertiary alicyclic amines) is 1. The molecule has 1 aromatic rings. The summed E-state index contributed by atoms with van der Waals surface area (Å²) < 4.78 is 0. The molecule has 0 radical (unpaired) electrons. The topological polar surface area (TPSA) is 95.7 Å². The molecule has 3 aliphatic heterocycles. The lowest BCUT2D eigenvalue weighted by Crippen LogP contribution is -2.52. The van der Waals surface area contributed by atoms with Crippen molar-refractivity contribution in [2.45, 2.75) is 38.9 Å². The number of carbonyl (C=O) groups is 3. The van der Waals surface area contributed by atoms with Gasteiger partial charge in [0.05, 0.1) is 0 Å². The van der Waals surface area contributed by atoms with E-state index < -0.39 is 6.04 Å². The predicted octanol–water partition coefficient (Wildman–Crippen LogP) is 0.474. The van der Waals surface area contributed by atoms with Crippen LogP contribution in [0.15, 0.2) is 18.2 Å². The Morgan fingerprint density at radius 3 is 2.74 bits per heavy atom. The smallest absolute Gasteiger partial charge is 0.255 e.